The number of likely N-dealkylation sites (tertiary alicyclic amines) is 1. The molecule has 0 saturated carbocycles. The number of ether oxygens (including phenoxy) is 1. The lowest BCUT2D eigenvalue weighted by atomic mass is 9.89. The number of benzene rings is 2. The summed E-state index contributed by atoms with van der Waals surface area (Å²) in [6.07, 6.45) is -2.66. The monoisotopic (exact) mass is 567 g/mol. The van der Waals surface area contributed by atoms with Gasteiger partial charge in [-0.2, -0.15) is 17.5 Å². The Morgan fingerprint density at radius 3 is 2.49 bits per heavy atom. The van der Waals surface area contributed by atoms with Crippen molar-refractivity contribution in [3.8, 4) is 0 Å². The van der Waals surface area contributed by atoms with Gasteiger partial charge < -0.3 is 10.1 Å². The van der Waals surface area contributed by atoms with Crippen molar-refractivity contribution < 1.29 is 31.1 Å². The van der Waals surface area contributed by atoms with E-state index in [1.54, 1.807) is 28.6 Å². The lowest BCUT2D eigenvalue weighted by Gasteiger charge is -2.50. The number of nitrogens with zero attached hydrogens (tertiary/aromatic N) is 2. The topological polar surface area (TPSA) is 79.0 Å². The number of rotatable bonds is 7. The SMILES string of the molecule is Cc1ccc(S(=O)(=O)N2CC3(CCCN(CC(=O)Nc4ccccc4C(F)(F)F)C3)OC[C@@H]2CC(C)C)cc1. The zero-order valence-corrected chi connectivity index (χ0v) is 23.3. The highest BCUT2D eigenvalue weighted by Gasteiger charge is 2.47. The Balaban J connectivity index is 1.50. The van der Waals surface area contributed by atoms with Crippen LogP contribution >= 0.6 is 0 Å². The smallest absolute Gasteiger partial charge is 0.371 e. The number of nitrogens with one attached hydrogen (secondary N) is 1. The first-order valence-corrected chi connectivity index (χ1v) is 14.6. The Morgan fingerprint density at radius 1 is 1.13 bits per heavy atom. The third kappa shape index (κ3) is 7.00. The Hall–Kier alpha value is -2.47. The van der Waals surface area contributed by atoms with Gasteiger partial charge in [0.05, 0.1) is 34.9 Å². The van der Waals surface area contributed by atoms with E-state index in [9.17, 15) is 26.4 Å². The molecule has 4 rings (SSSR count). The fraction of sp³-hybridized carbons (Fsp3) is 0.536. The third-order valence-corrected chi connectivity index (χ3v) is 9.21. The molecule has 2 aliphatic heterocycles. The van der Waals surface area contributed by atoms with E-state index in [1.807, 2.05) is 25.7 Å². The molecule has 1 N–H and O–H groups in total. The second-order valence-electron chi connectivity index (χ2n) is 11.0. The average molecular weight is 568 g/mol. The van der Waals surface area contributed by atoms with E-state index >= 15 is 0 Å². The number of hydrogen-bond donors (Lipinski definition) is 1. The van der Waals surface area contributed by atoms with Crippen LogP contribution in [0.15, 0.2) is 53.4 Å². The number of carbonyl (C=O) groups excluding carboxylic acids is 1. The van der Waals surface area contributed by atoms with Crippen LogP contribution in [0.25, 0.3) is 0 Å². The summed E-state index contributed by atoms with van der Waals surface area (Å²) in [5.74, 6) is -0.309. The van der Waals surface area contributed by atoms with E-state index in [-0.39, 0.29) is 42.2 Å². The van der Waals surface area contributed by atoms with Gasteiger partial charge in [-0.3, -0.25) is 9.69 Å². The van der Waals surface area contributed by atoms with Crippen LogP contribution in [0.5, 0.6) is 0 Å². The standard InChI is InChI=1S/C28H36F3N3O4S/c1-20(2)15-22-17-38-27(19-34(22)39(36,37)23-11-9-21(3)10-12-23)13-6-14-33(18-27)16-26(35)32-25-8-5-4-7-24(25)28(29,30)31/h4-5,7-12,20,22H,6,13-19H2,1-3H3,(H,32,35)/t22-,27?/m0/s1. The molecular weight excluding hydrogens is 531 g/mol. The van der Waals surface area contributed by atoms with Crippen molar-refractivity contribution in [2.45, 2.75) is 62.7 Å². The number of halogens is 3. The van der Waals surface area contributed by atoms with Gasteiger partial charge in [0.15, 0.2) is 0 Å². The van der Waals surface area contributed by atoms with Crippen LogP contribution in [-0.4, -0.2) is 68.0 Å². The van der Waals surface area contributed by atoms with Crippen molar-refractivity contribution >= 4 is 21.6 Å². The predicted octanol–water partition coefficient (Wildman–Crippen LogP) is 4.92. The minimum absolute atomic E-state index is 0.128. The van der Waals surface area contributed by atoms with Crippen molar-refractivity contribution in [3.05, 3.63) is 59.7 Å². The molecule has 2 aromatic rings. The number of anilines is 1. The number of sulfonamides is 1. The first kappa shape index (κ1) is 29.5. The highest BCUT2D eigenvalue weighted by molar-refractivity contribution is 7.89. The highest BCUT2D eigenvalue weighted by atomic mass is 32.2. The number of hydrogen-bond acceptors (Lipinski definition) is 5. The Bertz CT molecular complexity index is 1270. The molecule has 2 heterocycles. The fourth-order valence-electron chi connectivity index (χ4n) is 5.48. The Kier molecular flexibility index (Phi) is 8.75. The molecule has 214 valence electrons. The second-order valence-corrected chi connectivity index (χ2v) is 12.9. The van der Waals surface area contributed by atoms with Crippen molar-refractivity contribution in [1.29, 1.82) is 0 Å². The molecule has 2 saturated heterocycles. The highest BCUT2D eigenvalue weighted by Crippen LogP contribution is 2.36. The van der Waals surface area contributed by atoms with Crippen molar-refractivity contribution in [2.24, 2.45) is 5.92 Å². The first-order chi connectivity index (χ1) is 18.3. The quantitative estimate of drug-likeness (QED) is 0.514. The molecule has 39 heavy (non-hydrogen) atoms. The Morgan fingerprint density at radius 2 is 1.82 bits per heavy atom. The molecule has 0 aliphatic carbocycles. The summed E-state index contributed by atoms with van der Waals surface area (Å²) in [5.41, 5.74) is -1.04. The summed E-state index contributed by atoms with van der Waals surface area (Å²) in [6.45, 7) is 7.10. The van der Waals surface area contributed by atoms with E-state index in [0.29, 0.717) is 32.4 Å². The number of alkyl halides is 3. The van der Waals surface area contributed by atoms with Crippen LogP contribution < -0.4 is 5.32 Å². The summed E-state index contributed by atoms with van der Waals surface area (Å²) in [5, 5.41) is 2.40. The lowest BCUT2D eigenvalue weighted by Crippen LogP contribution is -2.64. The maximum absolute atomic E-state index is 13.8. The van der Waals surface area contributed by atoms with Gasteiger partial charge in [0.25, 0.3) is 0 Å². The largest absolute Gasteiger partial charge is 0.418 e. The zero-order chi connectivity index (χ0) is 28.4. The average Bonchev–Trinajstić information content (AvgIpc) is 2.85. The van der Waals surface area contributed by atoms with Crippen LogP contribution in [0.4, 0.5) is 18.9 Å². The number of amides is 1. The van der Waals surface area contributed by atoms with Gasteiger partial charge >= 0.3 is 6.18 Å². The normalized spacial score (nSPS) is 23.3. The van der Waals surface area contributed by atoms with Gasteiger partial charge in [0.1, 0.15) is 0 Å². The number of piperidine rings is 1. The number of carbonyl (C=O) groups is 1. The lowest BCUT2D eigenvalue weighted by molar-refractivity contribution is -0.146. The minimum atomic E-state index is -4.59. The molecule has 7 nitrogen and oxygen atoms in total. The molecule has 2 fully saturated rings. The van der Waals surface area contributed by atoms with Crippen LogP contribution in [0.2, 0.25) is 0 Å². The van der Waals surface area contributed by atoms with Crippen molar-refractivity contribution in [3.63, 3.8) is 0 Å². The van der Waals surface area contributed by atoms with Crippen LogP contribution in [0.1, 0.15) is 44.2 Å². The van der Waals surface area contributed by atoms with Gasteiger partial charge in [-0.1, -0.05) is 43.7 Å². The van der Waals surface area contributed by atoms with E-state index in [1.165, 1.54) is 18.2 Å². The third-order valence-electron chi connectivity index (χ3n) is 7.30. The van der Waals surface area contributed by atoms with Gasteiger partial charge in [-0.25, -0.2) is 8.42 Å². The molecular formula is C28H36F3N3O4S. The zero-order valence-electron chi connectivity index (χ0n) is 22.5. The van der Waals surface area contributed by atoms with Gasteiger partial charge in [-0.05, 0) is 62.9 Å². The molecule has 0 bridgehead atoms. The molecule has 2 aliphatic rings. The maximum atomic E-state index is 13.8. The van der Waals surface area contributed by atoms with Gasteiger partial charge in [0.2, 0.25) is 15.9 Å². The number of morpholine rings is 1. The van der Waals surface area contributed by atoms with Crippen molar-refractivity contribution in [1.82, 2.24) is 9.21 Å². The van der Waals surface area contributed by atoms with E-state index < -0.39 is 33.3 Å². The maximum Gasteiger partial charge on any atom is 0.418 e. The molecule has 1 amide bonds. The summed E-state index contributed by atoms with van der Waals surface area (Å²) in [4.78, 5) is 14.8. The molecule has 1 spiro atoms. The van der Waals surface area contributed by atoms with Crippen LogP contribution in [0, 0.1) is 12.8 Å². The molecule has 11 heteroatoms. The van der Waals surface area contributed by atoms with E-state index in [2.05, 4.69) is 5.32 Å². The van der Waals surface area contributed by atoms with E-state index in [0.717, 1.165) is 11.6 Å². The number of aryl methyl sites for hydroxylation is 1. The predicted molar refractivity (Wildman–Crippen MR) is 143 cm³/mol. The first-order valence-electron chi connectivity index (χ1n) is 13.2. The summed E-state index contributed by atoms with van der Waals surface area (Å²) >= 11 is 0. The Labute approximate surface area is 228 Å². The minimum Gasteiger partial charge on any atom is -0.371 e. The van der Waals surface area contributed by atoms with Gasteiger partial charge in [-0.15, -0.1) is 0 Å². The van der Waals surface area contributed by atoms with E-state index in [4.69, 9.17) is 4.74 Å². The fourth-order valence-corrected chi connectivity index (χ4v) is 7.17. The molecule has 1 unspecified atom stereocenters. The van der Waals surface area contributed by atoms with Crippen LogP contribution in [-0.2, 0) is 25.7 Å². The van der Waals surface area contributed by atoms with Crippen LogP contribution in [0.3, 0.4) is 0 Å². The number of para-hydroxylation sites is 1. The summed E-state index contributed by atoms with van der Waals surface area (Å²) in [7, 11) is -3.80. The molecule has 0 radical (unpaired) electrons. The molecule has 2 aromatic carbocycles. The summed E-state index contributed by atoms with van der Waals surface area (Å²) < 4.78 is 75.6. The molecule has 0 aromatic heterocycles. The molecule has 2 atom stereocenters. The van der Waals surface area contributed by atoms with Gasteiger partial charge in [0, 0.05) is 19.1 Å². The van der Waals surface area contributed by atoms with Crippen molar-refractivity contribution in [2.75, 3.05) is 38.1 Å². The summed E-state index contributed by atoms with van der Waals surface area (Å²) in [6, 6.07) is 11.3. The second kappa shape index (κ2) is 11.6.